The van der Waals surface area contributed by atoms with Gasteiger partial charge < -0.3 is 10.6 Å². The van der Waals surface area contributed by atoms with E-state index in [9.17, 15) is 9.18 Å². The third-order valence-electron chi connectivity index (χ3n) is 4.67. The SMILES string of the molecule is Cc1nc(NC2CCCCCC2)cc(C(=O)NCc2ccccc2F)n1. The number of carbonyl (C=O) groups is 1. The van der Waals surface area contributed by atoms with Gasteiger partial charge in [-0.2, -0.15) is 0 Å². The van der Waals surface area contributed by atoms with Crippen LogP contribution in [0.4, 0.5) is 10.2 Å². The summed E-state index contributed by atoms with van der Waals surface area (Å²) < 4.78 is 13.7. The molecule has 0 radical (unpaired) electrons. The highest BCUT2D eigenvalue weighted by Crippen LogP contribution is 2.20. The van der Waals surface area contributed by atoms with Crippen LogP contribution in [0, 0.1) is 12.7 Å². The number of nitrogens with one attached hydrogen (secondary N) is 2. The maximum atomic E-state index is 13.7. The van der Waals surface area contributed by atoms with Crippen LogP contribution < -0.4 is 10.6 Å². The number of hydrogen-bond acceptors (Lipinski definition) is 4. The largest absolute Gasteiger partial charge is 0.367 e. The van der Waals surface area contributed by atoms with Gasteiger partial charge >= 0.3 is 0 Å². The summed E-state index contributed by atoms with van der Waals surface area (Å²) in [4.78, 5) is 21.1. The molecular formula is C20H25FN4O. The molecule has 6 heteroatoms. The maximum Gasteiger partial charge on any atom is 0.270 e. The minimum Gasteiger partial charge on any atom is -0.367 e. The summed E-state index contributed by atoms with van der Waals surface area (Å²) in [5, 5.41) is 6.18. The van der Waals surface area contributed by atoms with Crippen LogP contribution in [0.1, 0.15) is 60.4 Å². The van der Waals surface area contributed by atoms with Gasteiger partial charge in [-0.3, -0.25) is 4.79 Å². The zero-order valence-corrected chi connectivity index (χ0v) is 15.1. The van der Waals surface area contributed by atoms with Crippen LogP contribution in [0.2, 0.25) is 0 Å². The van der Waals surface area contributed by atoms with E-state index in [1.54, 1.807) is 31.2 Å². The lowest BCUT2D eigenvalue weighted by Gasteiger charge is -2.17. The molecule has 2 N–H and O–H groups in total. The molecule has 1 aliphatic rings. The first-order valence-electron chi connectivity index (χ1n) is 9.25. The lowest BCUT2D eigenvalue weighted by atomic mass is 10.1. The normalized spacial score (nSPS) is 15.3. The predicted molar refractivity (Wildman–Crippen MR) is 99.5 cm³/mol. The highest BCUT2D eigenvalue weighted by atomic mass is 19.1. The van der Waals surface area contributed by atoms with Crippen molar-refractivity contribution >= 4 is 11.7 Å². The van der Waals surface area contributed by atoms with Gasteiger partial charge in [0, 0.05) is 24.2 Å². The monoisotopic (exact) mass is 356 g/mol. The van der Waals surface area contributed by atoms with Gasteiger partial charge in [0.15, 0.2) is 0 Å². The topological polar surface area (TPSA) is 66.9 Å². The van der Waals surface area contributed by atoms with Crippen LogP contribution in [0.25, 0.3) is 0 Å². The Balaban J connectivity index is 1.66. The molecule has 1 aromatic heterocycles. The minimum absolute atomic E-state index is 0.125. The van der Waals surface area contributed by atoms with E-state index in [0.29, 0.717) is 28.9 Å². The fourth-order valence-electron chi connectivity index (χ4n) is 3.30. The number of amides is 1. The molecule has 0 atom stereocenters. The van der Waals surface area contributed by atoms with Gasteiger partial charge in [0.05, 0.1) is 0 Å². The Bertz CT molecular complexity index is 757. The Morgan fingerprint density at radius 1 is 1.15 bits per heavy atom. The second-order valence-electron chi connectivity index (χ2n) is 6.79. The molecule has 26 heavy (non-hydrogen) atoms. The molecule has 3 rings (SSSR count). The molecule has 1 amide bonds. The van der Waals surface area contributed by atoms with Crippen LogP contribution in [0.5, 0.6) is 0 Å². The average Bonchev–Trinajstić information content (AvgIpc) is 2.89. The summed E-state index contributed by atoms with van der Waals surface area (Å²) in [5.74, 6) is 0.560. The second-order valence-corrected chi connectivity index (χ2v) is 6.79. The van der Waals surface area contributed by atoms with Crippen LogP contribution >= 0.6 is 0 Å². The predicted octanol–water partition coefficient (Wildman–Crippen LogP) is 3.99. The van der Waals surface area contributed by atoms with Gasteiger partial charge in [-0.15, -0.1) is 0 Å². The molecular weight excluding hydrogens is 331 g/mol. The van der Waals surface area contributed by atoms with E-state index in [-0.39, 0.29) is 18.3 Å². The fraction of sp³-hybridized carbons (Fsp3) is 0.450. The highest BCUT2D eigenvalue weighted by Gasteiger charge is 2.15. The van der Waals surface area contributed by atoms with E-state index in [4.69, 9.17) is 0 Å². The second kappa shape index (κ2) is 8.74. The maximum absolute atomic E-state index is 13.7. The van der Waals surface area contributed by atoms with Crippen LogP contribution in [0.15, 0.2) is 30.3 Å². The van der Waals surface area contributed by atoms with Crippen molar-refractivity contribution in [2.24, 2.45) is 0 Å². The third kappa shape index (κ3) is 5.00. The van der Waals surface area contributed by atoms with Crippen molar-refractivity contribution < 1.29 is 9.18 Å². The standard InChI is InChI=1S/C20H25FN4O/c1-14-23-18(20(26)22-13-15-8-6-7-11-17(15)21)12-19(24-14)25-16-9-4-2-3-5-10-16/h6-8,11-12,16H,2-5,9-10,13H2,1H3,(H,22,26)(H,23,24,25). The molecule has 0 unspecified atom stereocenters. The number of hydrogen-bond donors (Lipinski definition) is 2. The number of aromatic nitrogens is 2. The van der Waals surface area contributed by atoms with E-state index < -0.39 is 0 Å². The average molecular weight is 356 g/mol. The van der Waals surface area contributed by atoms with Gasteiger partial charge in [0.1, 0.15) is 23.2 Å². The Morgan fingerprint density at radius 2 is 1.88 bits per heavy atom. The van der Waals surface area contributed by atoms with Gasteiger partial charge in [0.2, 0.25) is 0 Å². The highest BCUT2D eigenvalue weighted by molar-refractivity contribution is 5.92. The summed E-state index contributed by atoms with van der Waals surface area (Å²) >= 11 is 0. The lowest BCUT2D eigenvalue weighted by molar-refractivity contribution is 0.0945. The molecule has 0 aliphatic heterocycles. The molecule has 0 spiro atoms. The first-order valence-corrected chi connectivity index (χ1v) is 9.25. The lowest BCUT2D eigenvalue weighted by Crippen LogP contribution is -2.26. The van der Waals surface area contributed by atoms with Crippen molar-refractivity contribution in [2.75, 3.05) is 5.32 Å². The number of anilines is 1. The molecule has 138 valence electrons. The molecule has 1 heterocycles. The number of rotatable bonds is 5. The molecule has 1 fully saturated rings. The minimum atomic E-state index is -0.331. The number of nitrogens with zero attached hydrogens (tertiary/aromatic N) is 2. The van der Waals surface area contributed by atoms with E-state index in [1.807, 2.05) is 0 Å². The van der Waals surface area contributed by atoms with Crippen molar-refractivity contribution in [3.63, 3.8) is 0 Å². The summed E-state index contributed by atoms with van der Waals surface area (Å²) in [6.45, 7) is 1.89. The van der Waals surface area contributed by atoms with Crippen molar-refractivity contribution in [2.45, 2.75) is 58.0 Å². The van der Waals surface area contributed by atoms with Gasteiger partial charge in [0.25, 0.3) is 5.91 Å². The van der Waals surface area contributed by atoms with Gasteiger partial charge in [-0.25, -0.2) is 14.4 Å². The van der Waals surface area contributed by atoms with Crippen molar-refractivity contribution in [1.82, 2.24) is 15.3 Å². The van der Waals surface area contributed by atoms with E-state index in [1.165, 1.54) is 31.7 Å². The molecule has 2 aromatic rings. The summed E-state index contributed by atoms with van der Waals surface area (Å²) in [7, 11) is 0. The van der Waals surface area contributed by atoms with Crippen molar-refractivity contribution in [3.8, 4) is 0 Å². The fourth-order valence-corrected chi connectivity index (χ4v) is 3.30. The molecule has 0 saturated heterocycles. The van der Waals surface area contributed by atoms with Crippen molar-refractivity contribution in [1.29, 1.82) is 0 Å². The molecule has 1 aliphatic carbocycles. The Hall–Kier alpha value is -2.50. The van der Waals surface area contributed by atoms with E-state index in [0.717, 1.165) is 12.8 Å². The molecule has 5 nitrogen and oxygen atoms in total. The summed E-state index contributed by atoms with van der Waals surface area (Å²) in [6, 6.07) is 8.47. The number of carbonyl (C=O) groups excluding carboxylic acids is 1. The number of aryl methyl sites for hydroxylation is 1. The summed E-state index contributed by atoms with van der Waals surface area (Å²) in [6.07, 6.45) is 7.25. The van der Waals surface area contributed by atoms with Crippen LogP contribution in [0.3, 0.4) is 0 Å². The van der Waals surface area contributed by atoms with Crippen molar-refractivity contribution in [3.05, 3.63) is 53.2 Å². The molecule has 1 saturated carbocycles. The Labute approximate surface area is 153 Å². The Morgan fingerprint density at radius 3 is 2.62 bits per heavy atom. The van der Waals surface area contributed by atoms with E-state index >= 15 is 0 Å². The number of benzene rings is 1. The first kappa shape index (κ1) is 18.3. The van der Waals surface area contributed by atoms with Crippen LogP contribution in [-0.4, -0.2) is 21.9 Å². The van der Waals surface area contributed by atoms with E-state index in [2.05, 4.69) is 20.6 Å². The third-order valence-corrected chi connectivity index (χ3v) is 4.67. The van der Waals surface area contributed by atoms with Gasteiger partial charge in [-0.1, -0.05) is 43.9 Å². The Kier molecular flexibility index (Phi) is 6.15. The quantitative estimate of drug-likeness (QED) is 0.795. The zero-order valence-electron chi connectivity index (χ0n) is 15.1. The number of halogens is 1. The molecule has 0 bridgehead atoms. The van der Waals surface area contributed by atoms with Crippen LogP contribution in [-0.2, 0) is 6.54 Å². The van der Waals surface area contributed by atoms with Gasteiger partial charge in [-0.05, 0) is 25.8 Å². The zero-order chi connectivity index (χ0) is 18.4. The summed E-state index contributed by atoms with van der Waals surface area (Å²) in [5.41, 5.74) is 0.744. The first-order chi connectivity index (χ1) is 12.6. The molecule has 1 aromatic carbocycles. The smallest absolute Gasteiger partial charge is 0.270 e.